The van der Waals surface area contributed by atoms with Crippen molar-refractivity contribution in [1.29, 1.82) is 0 Å². The molecule has 1 aliphatic carbocycles. The first-order chi connectivity index (χ1) is 8.65. The Morgan fingerprint density at radius 2 is 1.83 bits per heavy atom. The fourth-order valence-electron chi connectivity index (χ4n) is 2.73. The summed E-state index contributed by atoms with van der Waals surface area (Å²) in [6.07, 6.45) is 4.95. The van der Waals surface area contributed by atoms with Crippen molar-refractivity contribution in [1.82, 2.24) is 4.98 Å². The van der Waals surface area contributed by atoms with Crippen LogP contribution in [0.15, 0.2) is 18.2 Å². The third-order valence-electron chi connectivity index (χ3n) is 3.66. The molecule has 0 unspecified atom stereocenters. The monoisotopic (exact) mass is 280 g/mol. The third-order valence-corrected chi connectivity index (χ3v) is 4.16. The van der Waals surface area contributed by atoms with Crippen LogP contribution in [-0.2, 0) is 0 Å². The molecule has 0 amide bonds. The highest BCUT2D eigenvalue weighted by molar-refractivity contribution is 6.38. The molecule has 0 atom stereocenters. The van der Waals surface area contributed by atoms with Crippen LogP contribution in [-0.4, -0.2) is 4.98 Å². The SMILES string of the molecule is Nc1cc(C2CCCC2)nc2c(Cl)cc(Cl)cc12. The summed E-state index contributed by atoms with van der Waals surface area (Å²) in [5.41, 5.74) is 8.66. The molecular weight excluding hydrogens is 267 g/mol. The summed E-state index contributed by atoms with van der Waals surface area (Å²) in [6.45, 7) is 0. The topological polar surface area (TPSA) is 38.9 Å². The maximum atomic E-state index is 6.21. The van der Waals surface area contributed by atoms with E-state index in [1.54, 1.807) is 6.07 Å². The highest BCUT2D eigenvalue weighted by Crippen LogP contribution is 2.37. The minimum absolute atomic E-state index is 0.531. The van der Waals surface area contributed by atoms with Crippen molar-refractivity contribution in [2.24, 2.45) is 0 Å². The molecule has 94 valence electrons. The number of benzene rings is 1. The van der Waals surface area contributed by atoms with Gasteiger partial charge in [-0.2, -0.15) is 0 Å². The van der Waals surface area contributed by atoms with E-state index in [1.165, 1.54) is 25.7 Å². The zero-order chi connectivity index (χ0) is 12.7. The lowest BCUT2D eigenvalue weighted by molar-refractivity contribution is 0.701. The van der Waals surface area contributed by atoms with Crippen molar-refractivity contribution in [2.75, 3.05) is 5.73 Å². The molecule has 1 saturated carbocycles. The summed E-state index contributed by atoms with van der Waals surface area (Å²) in [4.78, 5) is 4.69. The number of hydrogen-bond donors (Lipinski definition) is 1. The predicted molar refractivity (Wildman–Crippen MR) is 77.4 cm³/mol. The van der Waals surface area contributed by atoms with Gasteiger partial charge >= 0.3 is 0 Å². The largest absolute Gasteiger partial charge is 0.398 e. The second-order valence-corrected chi connectivity index (χ2v) is 5.75. The van der Waals surface area contributed by atoms with E-state index in [4.69, 9.17) is 28.9 Å². The first kappa shape index (κ1) is 12.1. The molecule has 3 rings (SSSR count). The smallest absolute Gasteiger partial charge is 0.0913 e. The zero-order valence-corrected chi connectivity index (χ0v) is 11.4. The van der Waals surface area contributed by atoms with Gasteiger partial charge in [-0.15, -0.1) is 0 Å². The molecule has 18 heavy (non-hydrogen) atoms. The van der Waals surface area contributed by atoms with Crippen molar-refractivity contribution < 1.29 is 0 Å². The van der Waals surface area contributed by atoms with Gasteiger partial charge in [-0.25, -0.2) is 0 Å². The molecule has 1 fully saturated rings. The van der Waals surface area contributed by atoms with Gasteiger partial charge < -0.3 is 5.73 Å². The minimum Gasteiger partial charge on any atom is -0.398 e. The van der Waals surface area contributed by atoms with Gasteiger partial charge in [-0.05, 0) is 31.0 Å². The number of nitrogen functional groups attached to an aromatic ring is 1. The minimum atomic E-state index is 0.531. The van der Waals surface area contributed by atoms with Crippen molar-refractivity contribution in [3.63, 3.8) is 0 Å². The van der Waals surface area contributed by atoms with E-state index in [0.717, 1.165) is 16.6 Å². The van der Waals surface area contributed by atoms with E-state index in [9.17, 15) is 0 Å². The molecule has 0 saturated heterocycles. The number of rotatable bonds is 1. The second-order valence-electron chi connectivity index (χ2n) is 4.90. The maximum Gasteiger partial charge on any atom is 0.0913 e. The molecule has 1 aliphatic rings. The summed E-state index contributed by atoms with van der Waals surface area (Å²) in [6, 6.07) is 5.52. The van der Waals surface area contributed by atoms with Crippen LogP contribution < -0.4 is 5.73 Å². The van der Waals surface area contributed by atoms with Crippen LogP contribution in [0.1, 0.15) is 37.3 Å². The molecule has 0 spiro atoms. The van der Waals surface area contributed by atoms with Crippen LogP contribution in [0.4, 0.5) is 5.69 Å². The Morgan fingerprint density at radius 1 is 1.11 bits per heavy atom. The lowest BCUT2D eigenvalue weighted by Crippen LogP contribution is -2.00. The van der Waals surface area contributed by atoms with Crippen LogP contribution >= 0.6 is 23.2 Å². The molecule has 1 heterocycles. The molecule has 0 radical (unpaired) electrons. The van der Waals surface area contributed by atoms with Crippen LogP contribution in [0.3, 0.4) is 0 Å². The van der Waals surface area contributed by atoms with Crippen LogP contribution in [0, 0.1) is 0 Å². The maximum absolute atomic E-state index is 6.21. The number of pyridine rings is 1. The van der Waals surface area contributed by atoms with E-state index in [0.29, 0.717) is 21.7 Å². The standard InChI is InChI=1S/C14H14Cl2N2/c15-9-5-10-12(17)7-13(8-3-1-2-4-8)18-14(10)11(16)6-9/h5-8H,1-4H2,(H2,17,18). The number of halogens is 2. The second kappa shape index (κ2) is 4.60. The first-order valence-electron chi connectivity index (χ1n) is 6.20. The summed E-state index contributed by atoms with van der Waals surface area (Å²) in [5.74, 6) is 0.531. The van der Waals surface area contributed by atoms with E-state index in [-0.39, 0.29) is 0 Å². The van der Waals surface area contributed by atoms with E-state index >= 15 is 0 Å². The van der Waals surface area contributed by atoms with Gasteiger partial charge in [-0.3, -0.25) is 4.98 Å². The van der Waals surface area contributed by atoms with Crippen molar-refractivity contribution >= 4 is 39.8 Å². The van der Waals surface area contributed by atoms with Crippen molar-refractivity contribution in [3.05, 3.63) is 33.9 Å². The average molecular weight is 281 g/mol. The Hall–Kier alpha value is -0.990. The number of anilines is 1. The normalized spacial score (nSPS) is 16.6. The van der Waals surface area contributed by atoms with Gasteiger partial charge in [0.2, 0.25) is 0 Å². The Kier molecular flexibility index (Phi) is 3.08. The van der Waals surface area contributed by atoms with E-state index in [2.05, 4.69) is 4.98 Å². The molecule has 2 N–H and O–H groups in total. The Morgan fingerprint density at radius 3 is 2.56 bits per heavy atom. The number of aromatic nitrogens is 1. The van der Waals surface area contributed by atoms with Gasteiger partial charge in [0.05, 0.1) is 10.5 Å². The number of hydrogen-bond acceptors (Lipinski definition) is 2. The summed E-state index contributed by atoms with van der Waals surface area (Å²) >= 11 is 12.2. The fraction of sp³-hybridized carbons (Fsp3) is 0.357. The van der Waals surface area contributed by atoms with Gasteiger partial charge in [0.1, 0.15) is 0 Å². The van der Waals surface area contributed by atoms with Crippen LogP contribution in [0.25, 0.3) is 10.9 Å². The quantitative estimate of drug-likeness (QED) is 0.816. The average Bonchev–Trinajstić information content (AvgIpc) is 2.83. The Labute approximate surface area is 116 Å². The van der Waals surface area contributed by atoms with Gasteiger partial charge in [0.25, 0.3) is 0 Å². The van der Waals surface area contributed by atoms with Gasteiger partial charge in [0.15, 0.2) is 0 Å². The molecule has 1 aromatic heterocycles. The Bertz CT molecular complexity index is 604. The van der Waals surface area contributed by atoms with Crippen LogP contribution in [0.5, 0.6) is 0 Å². The van der Waals surface area contributed by atoms with Crippen molar-refractivity contribution in [2.45, 2.75) is 31.6 Å². The molecule has 4 heteroatoms. The lowest BCUT2D eigenvalue weighted by atomic mass is 10.0. The number of fused-ring (bicyclic) bond motifs is 1. The van der Waals surface area contributed by atoms with Gasteiger partial charge in [-0.1, -0.05) is 36.0 Å². The number of nitrogens with zero attached hydrogens (tertiary/aromatic N) is 1. The molecule has 2 aromatic rings. The molecule has 0 bridgehead atoms. The van der Waals surface area contributed by atoms with Crippen LogP contribution in [0.2, 0.25) is 10.0 Å². The fourth-order valence-corrected chi connectivity index (χ4v) is 3.26. The Balaban J connectivity index is 2.20. The van der Waals surface area contributed by atoms with E-state index < -0.39 is 0 Å². The molecule has 2 nitrogen and oxygen atoms in total. The highest BCUT2D eigenvalue weighted by Gasteiger charge is 2.20. The zero-order valence-electron chi connectivity index (χ0n) is 9.92. The molecular formula is C14H14Cl2N2. The summed E-state index contributed by atoms with van der Waals surface area (Å²) < 4.78 is 0. The third kappa shape index (κ3) is 2.04. The summed E-state index contributed by atoms with van der Waals surface area (Å²) in [5, 5.41) is 2.01. The van der Waals surface area contributed by atoms with E-state index in [1.807, 2.05) is 12.1 Å². The molecule has 1 aromatic carbocycles. The first-order valence-corrected chi connectivity index (χ1v) is 6.96. The number of nitrogens with two attached hydrogens (primary N) is 1. The lowest BCUT2D eigenvalue weighted by Gasteiger charge is -2.12. The molecule has 0 aliphatic heterocycles. The highest BCUT2D eigenvalue weighted by atomic mass is 35.5. The van der Waals surface area contributed by atoms with Crippen molar-refractivity contribution in [3.8, 4) is 0 Å². The predicted octanol–water partition coefficient (Wildman–Crippen LogP) is 4.78. The summed E-state index contributed by atoms with van der Waals surface area (Å²) in [7, 11) is 0. The van der Waals surface area contributed by atoms with Gasteiger partial charge in [0, 0.05) is 27.7 Å².